The van der Waals surface area contributed by atoms with Crippen molar-refractivity contribution in [1.29, 1.82) is 0 Å². The molecule has 1 unspecified atom stereocenters. The Labute approximate surface area is 104 Å². The molecule has 2 rings (SSSR count). The monoisotopic (exact) mass is 282 g/mol. The lowest BCUT2D eigenvalue weighted by molar-refractivity contribution is -0.149. The average Bonchev–Trinajstić information content (AvgIpc) is 3.04. The van der Waals surface area contributed by atoms with Gasteiger partial charge in [0.1, 0.15) is 0 Å². The van der Waals surface area contributed by atoms with Crippen molar-refractivity contribution in [2.75, 3.05) is 0 Å². The molecular weight excluding hydrogens is 268 g/mol. The van der Waals surface area contributed by atoms with Gasteiger partial charge < -0.3 is 5.11 Å². The molecule has 0 heterocycles. The van der Waals surface area contributed by atoms with Gasteiger partial charge in [-0.2, -0.15) is 0 Å². The number of aliphatic carboxylic acids is 1. The predicted molar refractivity (Wildman–Crippen MR) is 66.3 cm³/mol. The van der Waals surface area contributed by atoms with Crippen molar-refractivity contribution in [2.24, 2.45) is 11.3 Å². The van der Waals surface area contributed by atoms with Gasteiger partial charge in [-0.15, -0.1) is 0 Å². The van der Waals surface area contributed by atoms with Crippen LogP contribution in [0.15, 0.2) is 28.7 Å². The molecule has 0 saturated heterocycles. The Morgan fingerprint density at radius 3 is 2.44 bits per heavy atom. The molecule has 0 radical (unpaired) electrons. The van der Waals surface area contributed by atoms with Gasteiger partial charge in [-0.3, -0.25) is 4.79 Å². The van der Waals surface area contributed by atoms with Gasteiger partial charge in [-0.05, 0) is 49.8 Å². The van der Waals surface area contributed by atoms with E-state index in [0.29, 0.717) is 12.3 Å². The fourth-order valence-electron chi connectivity index (χ4n) is 2.14. The van der Waals surface area contributed by atoms with E-state index in [1.54, 1.807) is 0 Å². The van der Waals surface area contributed by atoms with E-state index in [4.69, 9.17) is 0 Å². The van der Waals surface area contributed by atoms with Crippen LogP contribution in [0.3, 0.4) is 0 Å². The van der Waals surface area contributed by atoms with Crippen molar-refractivity contribution in [3.8, 4) is 0 Å². The maximum Gasteiger partial charge on any atom is 0.309 e. The lowest BCUT2D eigenvalue weighted by Crippen LogP contribution is -2.32. The molecule has 3 heteroatoms. The molecular formula is C13H15BrO2. The van der Waals surface area contributed by atoms with Crippen LogP contribution in [0.2, 0.25) is 0 Å². The minimum Gasteiger partial charge on any atom is -0.481 e. The molecule has 1 atom stereocenters. The SMILES string of the molecule is CC(Cc1ccc(Br)cc1)(C(=O)O)C1CC1. The predicted octanol–water partition coefficient (Wildman–Crippen LogP) is 3.49. The molecule has 0 aromatic heterocycles. The fraction of sp³-hybridized carbons (Fsp3) is 0.462. The number of hydrogen-bond donors (Lipinski definition) is 1. The highest BCUT2D eigenvalue weighted by Crippen LogP contribution is 2.47. The molecule has 1 aliphatic carbocycles. The third-order valence-corrected chi connectivity index (χ3v) is 3.98. The van der Waals surface area contributed by atoms with Gasteiger partial charge in [0.2, 0.25) is 0 Å². The van der Waals surface area contributed by atoms with Crippen molar-refractivity contribution in [2.45, 2.75) is 26.2 Å². The standard InChI is InChI=1S/C13H15BrO2/c1-13(12(15)16,10-4-5-10)8-9-2-6-11(14)7-3-9/h2-3,6-7,10H,4-5,8H2,1H3,(H,15,16). The number of carbonyl (C=O) groups is 1. The van der Waals surface area contributed by atoms with Crippen LogP contribution in [0, 0.1) is 11.3 Å². The zero-order valence-electron chi connectivity index (χ0n) is 9.24. The normalized spacial score (nSPS) is 19.1. The maximum atomic E-state index is 11.4. The van der Waals surface area contributed by atoms with E-state index in [2.05, 4.69) is 15.9 Å². The van der Waals surface area contributed by atoms with Gasteiger partial charge in [-0.1, -0.05) is 28.1 Å². The lowest BCUT2D eigenvalue weighted by atomic mass is 9.79. The van der Waals surface area contributed by atoms with E-state index < -0.39 is 11.4 Å². The Hall–Kier alpha value is -0.830. The molecule has 1 aromatic carbocycles. The van der Waals surface area contributed by atoms with Crippen LogP contribution in [0.25, 0.3) is 0 Å². The maximum absolute atomic E-state index is 11.4. The molecule has 86 valence electrons. The Morgan fingerprint density at radius 2 is 2.00 bits per heavy atom. The van der Waals surface area contributed by atoms with Gasteiger partial charge in [0.15, 0.2) is 0 Å². The van der Waals surface area contributed by atoms with E-state index in [-0.39, 0.29) is 0 Å². The Balaban J connectivity index is 2.17. The van der Waals surface area contributed by atoms with Crippen LogP contribution in [-0.2, 0) is 11.2 Å². The summed E-state index contributed by atoms with van der Waals surface area (Å²) in [7, 11) is 0. The van der Waals surface area contributed by atoms with Crippen molar-refractivity contribution in [3.63, 3.8) is 0 Å². The summed E-state index contributed by atoms with van der Waals surface area (Å²) in [6, 6.07) is 7.91. The van der Waals surface area contributed by atoms with Crippen LogP contribution >= 0.6 is 15.9 Å². The minimum absolute atomic E-state index is 0.355. The zero-order chi connectivity index (χ0) is 11.8. The summed E-state index contributed by atoms with van der Waals surface area (Å²) < 4.78 is 1.03. The molecule has 1 aromatic rings. The highest BCUT2D eigenvalue weighted by molar-refractivity contribution is 9.10. The highest BCUT2D eigenvalue weighted by atomic mass is 79.9. The second kappa shape index (κ2) is 4.21. The molecule has 1 N–H and O–H groups in total. The first-order valence-electron chi connectivity index (χ1n) is 5.50. The Bertz CT molecular complexity index is 395. The van der Waals surface area contributed by atoms with Crippen LogP contribution in [0.5, 0.6) is 0 Å². The first-order chi connectivity index (χ1) is 7.52. The molecule has 0 bridgehead atoms. The van der Waals surface area contributed by atoms with Gasteiger partial charge in [0.25, 0.3) is 0 Å². The van der Waals surface area contributed by atoms with Crippen molar-refractivity contribution in [1.82, 2.24) is 0 Å². The van der Waals surface area contributed by atoms with Crippen molar-refractivity contribution >= 4 is 21.9 Å². The molecule has 2 nitrogen and oxygen atoms in total. The summed E-state index contributed by atoms with van der Waals surface area (Å²) >= 11 is 3.38. The molecule has 0 aliphatic heterocycles. The minimum atomic E-state index is -0.669. The smallest absolute Gasteiger partial charge is 0.309 e. The quantitative estimate of drug-likeness (QED) is 0.918. The van der Waals surface area contributed by atoms with E-state index in [9.17, 15) is 9.90 Å². The average molecular weight is 283 g/mol. The largest absolute Gasteiger partial charge is 0.481 e. The van der Waals surface area contributed by atoms with Crippen LogP contribution < -0.4 is 0 Å². The summed E-state index contributed by atoms with van der Waals surface area (Å²) in [5.74, 6) is -0.313. The summed E-state index contributed by atoms with van der Waals surface area (Å²) in [4.78, 5) is 11.4. The highest BCUT2D eigenvalue weighted by Gasteiger charge is 2.47. The third-order valence-electron chi connectivity index (χ3n) is 3.45. The molecule has 0 amide bonds. The van der Waals surface area contributed by atoms with Gasteiger partial charge in [0, 0.05) is 4.47 Å². The van der Waals surface area contributed by atoms with Crippen LogP contribution in [0.4, 0.5) is 0 Å². The lowest BCUT2D eigenvalue weighted by Gasteiger charge is -2.24. The van der Waals surface area contributed by atoms with Crippen LogP contribution in [0.1, 0.15) is 25.3 Å². The van der Waals surface area contributed by atoms with E-state index >= 15 is 0 Å². The summed E-state index contributed by atoms with van der Waals surface area (Å²) in [6.45, 7) is 1.87. The van der Waals surface area contributed by atoms with E-state index in [0.717, 1.165) is 22.9 Å². The number of halogens is 1. The number of carboxylic acids is 1. The topological polar surface area (TPSA) is 37.3 Å². The van der Waals surface area contributed by atoms with E-state index in [1.165, 1.54) is 0 Å². The number of carboxylic acid groups (broad SMARTS) is 1. The van der Waals surface area contributed by atoms with Gasteiger partial charge in [-0.25, -0.2) is 0 Å². The number of benzene rings is 1. The van der Waals surface area contributed by atoms with Gasteiger partial charge >= 0.3 is 5.97 Å². The summed E-state index contributed by atoms with van der Waals surface area (Å²) in [5.41, 5.74) is 0.508. The van der Waals surface area contributed by atoms with Crippen molar-refractivity contribution in [3.05, 3.63) is 34.3 Å². The summed E-state index contributed by atoms with van der Waals surface area (Å²) in [6.07, 6.45) is 2.74. The first-order valence-corrected chi connectivity index (χ1v) is 6.29. The second-order valence-electron chi connectivity index (χ2n) is 4.80. The second-order valence-corrected chi connectivity index (χ2v) is 5.72. The van der Waals surface area contributed by atoms with Crippen molar-refractivity contribution < 1.29 is 9.90 Å². The number of hydrogen-bond acceptors (Lipinski definition) is 1. The van der Waals surface area contributed by atoms with Crippen LogP contribution in [-0.4, -0.2) is 11.1 Å². The Kier molecular flexibility index (Phi) is 3.06. The molecule has 16 heavy (non-hydrogen) atoms. The molecule has 0 spiro atoms. The molecule has 1 fully saturated rings. The fourth-order valence-corrected chi connectivity index (χ4v) is 2.41. The zero-order valence-corrected chi connectivity index (χ0v) is 10.8. The third kappa shape index (κ3) is 2.29. The molecule has 1 aliphatic rings. The molecule has 1 saturated carbocycles. The summed E-state index contributed by atoms with van der Waals surface area (Å²) in [5, 5.41) is 9.35. The first kappa shape index (κ1) is 11.6. The van der Waals surface area contributed by atoms with E-state index in [1.807, 2.05) is 31.2 Å². The number of rotatable bonds is 4. The Morgan fingerprint density at radius 1 is 1.44 bits per heavy atom. The van der Waals surface area contributed by atoms with Gasteiger partial charge in [0.05, 0.1) is 5.41 Å².